The molecule has 0 spiro atoms. The molecule has 0 amide bonds. The van der Waals surface area contributed by atoms with Crippen LogP contribution in [0, 0.1) is 5.92 Å². The van der Waals surface area contributed by atoms with Crippen molar-refractivity contribution in [2.75, 3.05) is 21.3 Å². The van der Waals surface area contributed by atoms with E-state index in [0.717, 1.165) is 46.5 Å². The highest BCUT2D eigenvalue weighted by molar-refractivity contribution is 7.18. The number of aryl methyl sites for hydroxylation is 1. The van der Waals surface area contributed by atoms with Gasteiger partial charge in [0.15, 0.2) is 0 Å². The molecule has 1 aliphatic carbocycles. The molecule has 2 atom stereocenters. The lowest BCUT2D eigenvalue weighted by molar-refractivity contribution is 0.240. The number of fused-ring (bicyclic) bond motifs is 3. The summed E-state index contributed by atoms with van der Waals surface area (Å²) in [6, 6.07) is 5.78. The first-order valence-corrected chi connectivity index (χ1v) is 11.2. The van der Waals surface area contributed by atoms with Gasteiger partial charge in [-0.05, 0) is 50.8 Å². The van der Waals surface area contributed by atoms with Gasteiger partial charge in [0, 0.05) is 23.1 Å². The molecule has 0 bridgehead atoms. The Kier molecular flexibility index (Phi) is 5.84. The van der Waals surface area contributed by atoms with Crippen molar-refractivity contribution < 1.29 is 9.47 Å². The molecule has 1 aromatic carbocycles. The summed E-state index contributed by atoms with van der Waals surface area (Å²) in [6.45, 7) is 5.01. The number of thiophene rings is 1. The van der Waals surface area contributed by atoms with E-state index in [4.69, 9.17) is 14.5 Å². The Bertz CT molecular complexity index is 1120. The molecule has 4 rings (SSSR count). The number of H-pyrrole nitrogens is 1. The maximum Gasteiger partial charge on any atom is 0.259 e. The average molecular weight is 428 g/mol. The predicted octanol–water partition coefficient (Wildman–Crippen LogP) is 4.32. The highest BCUT2D eigenvalue weighted by Crippen LogP contribution is 2.36. The standard InChI is InChI=1S/C23H29N3O3S/c1-13-6-9-17-19(10-13)30-23-20(17)22(27)24-21(25-23)14(2)26(3)12-15-7-8-16(28-4)11-18(15)29-5/h7-8,11,13-14H,6,9-10,12H2,1-5H3,(H,24,25,27)/t13-,14+/m1/s1. The molecule has 6 nitrogen and oxygen atoms in total. The Morgan fingerprint density at radius 2 is 2.13 bits per heavy atom. The second-order valence-electron chi connectivity index (χ2n) is 8.25. The molecular formula is C23H29N3O3S. The molecule has 0 saturated carbocycles. The topological polar surface area (TPSA) is 67.5 Å². The molecule has 0 saturated heterocycles. The van der Waals surface area contributed by atoms with Gasteiger partial charge < -0.3 is 14.5 Å². The van der Waals surface area contributed by atoms with E-state index in [1.165, 1.54) is 10.4 Å². The van der Waals surface area contributed by atoms with Crippen molar-refractivity contribution in [3.63, 3.8) is 0 Å². The summed E-state index contributed by atoms with van der Waals surface area (Å²) in [6.07, 6.45) is 3.17. The van der Waals surface area contributed by atoms with E-state index < -0.39 is 0 Å². The molecule has 1 aliphatic rings. The van der Waals surface area contributed by atoms with Crippen LogP contribution < -0.4 is 15.0 Å². The summed E-state index contributed by atoms with van der Waals surface area (Å²) in [5.74, 6) is 2.92. The number of hydrogen-bond acceptors (Lipinski definition) is 6. The van der Waals surface area contributed by atoms with Gasteiger partial charge in [-0.15, -0.1) is 11.3 Å². The van der Waals surface area contributed by atoms with Gasteiger partial charge in [-0.25, -0.2) is 4.98 Å². The van der Waals surface area contributed by atoms with Crippen LogP contribution in [0.5, 0.6) is 11.5 Å². The SMILES string of the molecule is COc1ccc(CN(C)[C@@H](C)c2nc3sc4c(c3c(=O)[nH]2)CC[C@@H](C)C4)c(OC)c1. The molecule has 0 fully saturated rings. The van der Waals surface area contributed by atoms with Crippen molar-refractivity contribution in [2.45, 2.75) is 45.7 Å². The number of aromatic amines is 1. The van der Waals surface area contributed by atoms with Crippen molar-refractivity contribution in [2.24, 2.45) is 5.92 Å². The van der Waals surface area contributed by atoms with Crippen LogP contribution >= 0.6 is 11.3 Å². The Balaban J connectivity index is 1.61. The summed E-state index contributed by atoms with van der Waals surface area (Å²) in [5, 5.41) is 0.803. The van der Waals surface area contributed by atoms with Crippen LogP contribution in [-0.4, -0.2) is 36.1 Å². The van der Waals surface area contributed by atoms with Crippen LogP contribution in [0.1, 0.15) is 48.1 Å². The maximum absolute atomic E-state index is 12.9. The van der Waals surface area contributed by atoms with Gasteiger partial charge in [0.25, 0.3) is 5.56 Å². The van der Waals surface area contributed by atoms with Crippen LogP contribution in [-0.2, 0) is 19.4 Å². The monoisotopic (exact) mass is 427 g/mol. The van der Waals surface area contributed by atoms with Crippen LogP contribution in [0.15, 0.2) is 23.0 Å². The maximum atomic E-state index is 12.9. The fourth-order valence-corrected chi connectivity index (χ4v) is 5.55. The number of aromatic nitrogens is 2. The predicted molar refractivity (Wildman–Crippen MR) is 121 cm³/mol. The van der Waals surface area contributed by atoms with E-state index in [1.807, 2.05) is 25.2 Å². The minimum absolute atomic E-state index is 0.00988. The third-order valence-corrected chi connectivity index (χ3v) is 7.30. The first-order valence-electron chi connectivity index (χ1n) is 10.4. The molecule has 2 heterocycles. The lowest BCUT2D eigenvalue weighted by Crippen LogP contribution is -2.26. The quantitative estimate of drug-likeness (QED) is 0.635. The second-order valence-corrected chi connectivity index (χ2v) is 9.34. The van der Waals surface area contributed by atoms with Gasteiger partial charge >= 0.3 is 0 Å². The fraction of sp³-hybridized carbons (Fsp3) is 0.478. The smallest absolute Gasteiger partial charge is 0.259 e. The van der Waals surface area contributed by atoms with Crippen LogP contribution in [0.4, 0.5) is 0 Å². The van der Waals surface area contributed by atoms with E-state index >= 15 is 0 Å². The van der Waals surface area contributed by atoms with Gasteiger partial charge in [0.05, 0.1) is 25.6 Å². The molecule has 7 heteroatoms. The van der Waals surface area contributed by atoms with E-state index in [0.29, 0.717) is 18.3 Å². The summed E-state index contributed by atoms with van der Waals surface area (Å²) in [4.78, 5) is 25.2. The summed E-state index contributed by atoms with van der Waals surface area (Å²) in [7, 11) is 5.33. The van der Waals surface area contributed by atoms with Crippen molar-refractivity contribution in [1.82, 2.24) is 14.9 Å². The zero-order valence-corrected chi connectivity index (χ0v) is 19.1. The molecule has 2 aromatic heterocycles. The van der Waals surface area contributed by atoms with Crippen molar-refractivity contribution >= 4 is 21.6 Å². The summed E-state index contributed by atoms with van der Waals surface area (Å²) >= 11 is 1.69. The minimum Gasteiger partial charge on any atom is -0.497 e. The zero-order chi connectivity index (χ0) is 21.4. The third kappa shape index (κ3) is 3.84. The fourth-order valence-electron chi connectivity index (χ4n) is 4.16. The van der Waals surface area contributed by atoms with Crippen molar-refractivity contribution in [1.29, 1.82) is 0 Å². The highest BCUT2D eigenvalue weighted by atomic mass is 32.1. The van der Waals surface area contributed by atoms with E-state index in [1.54, 1.807) is 25.6 Å². The number of ether oxygens (including phenoxy) is 2. The molecule has 3 aromatic rings. The molecule has 1 N–H and O–H groups in total. The number of methoxy groups -OCH3 is 2. The number of rotatable bonds is 6. The number of nitrogens with zero attached hydrogens (tertiary/aromatic N) is 2. The average Bonchev–Trinajstić information content (AvgIpc) is 3.11. The van der Waals surface area contributed by atoms with E-state index in [9.17, 15) is 4.79 Å². The van der Waals surface area contributed by atoms with E-state index in [-0.39, 0.29) is 11.6 Å². The first-order chi connectivity index (χ1) is 14.4. The molecule has 160 valence electrons. The Labute approximate surface area is 180 Å². The Hall–Kier alpha value is -2.38. The van der Waals surface area contributed by atoms with Gasteiger partial charge in [0.2, 0.25) is 0 Å². The number of hydrogen-bond donors (Lipinski definition) is 1. The van der Waals surface area contributed by atoms with Gasteiger partial charge in [-0.3, -0.25) is 9.69 Å². The summed E-state index contributed by atoms with van der Waals surface area (Å²) in [5.41, 5.74) is 2.26. The van der Waals surface area contributed by atoms with Crippen LogP contribution in [0.3, 0.4) is 0 Å². The van der Waals surface area contributed by atoms with Gasteiger partial charge in [-0.1, -0.05) is 13.0 Å². The zero-order valence-electron chi connectivity index (χ0n) is 18.2. The highest BCUT2D eigenvalue weighted by Gasteiger charge is 2.24. The van der Waals surface area contributed by atoms with Crippen molar-refractivity contribution in [3.8, 4) is 11.5 Å². The second kappa shape index (κ2) is 8.40. The third-order valence-electron chi connectivity index (χ3n) is 6.15. The van der Waals surface area contributed by atoms with E-state index in [2.05, 4.69) is 23.7 Å². The molecular weight excluding hydrogens is 398 g/mol. The number of nitrogens with one attached hydrogen (secondary N) is 1. The normalized spacial score (nSPS) is 17.2. The molecule has 0 aliphatic heterocycles. The van der Waals surface area contributed by atoms with Crippen LogP contribution in [0.2, 0.25) is 0 Å². The molecule has 30 heavy (non-hydrogen) atoms. The van der Waals surface area contributed by atoms with Gasteiger partial charge in [0.1, 0.15) is 22.2 Å². The number of benzene rings is 1. The first kappa shape index (κ1) is 20.9. The lowest BCUT2D eigenvalue weighted by atomic mass is 9.89. The van der Waals surface area contributed by atoms with Crippen LogP contribution in [0.25, 0.3) is 10.2 Å². The Morgan fingerprint density at radius 1 is 1.33 bits per heavy atom. The minimum atomic E-state index is -0.0491. The van der Waals surface area contributed by atoms with Gasteiger partial charge in [-0.2, -0.15) is 0 Å². The molecule has 0 unspecified atom stereocenters. The lowest BCUT2D eigenvalue weighted by Gasteiger charge is -2.25. The largest absolute Gasteiger partial charge is 0.497 e. The van der Waals surface area contributed by atoms with Crippen molar-refractivity contribution in [3.05, 3.63) is 50.4 Å². The summed E-state index contributed by atoms with van der Waals surface area (Å²) < 4.78 is 10.8. The molecule has 0 radical (unpaired) electrons. The Morgan fingerprint density at radius 3 is 2.87 bits per heavy atom.